The molecule has 5 rings (SSSR count). The van der Waals surface area contributed by atoms with Gasteiger partial charge in [-0.15, -0.1) is 0 Å². The predicted molar refractivity (Wildman–Crippen MR) is 139 cm³/mol. The number of ether oxygens (including phenoxy) is 2. The molecule has 10 heteroatoms. The van der Waals surface area contributed by atoms with Gasteiger partial charge in [0.2, 0.25) is 11.1 Å². The Morgan fingerprint density at radius 2 is 1.78 bits per heavy atom. The third-order valence-corrected chi connectivity index (χ3v) is 7.10. The Labute approximate surface area is 214 Å². The number of aromatic nitrogens is 2. The van der Waals surface area contributed by atoms with Gasteiger partial charge < -0.3 is 19.7 Å². The highest BCUT2D eigenvalue weighted by molar-refractivity contribution is 7.09. The summed E-state index contributed by atoms with van der Waals surface area (Å²) in [7, 11) is 0. The lowest BCUT2D eigenvalue weighted by Crippen LogP contribution is -2.51. The van der Waals surface area contributed by atoms with Gasteiger partial charge in [-0.3, -0.25) is 4.90 Å². The van der Waals surface area contributed by atoms with Crippen molar-refractivity contribution in [2.24, 2.45) is 4.99 Å². The number of halogens is 1. The van der Waals surface area contributed by atoms with Gasteiger partial charge in [-0.2, -0.15) is 9.37 Å². The fourth-order valence-corrected chi connectivity index (χ4v) is 4.91. The first kappa shape index (κ1) is 24.8. The zero-order valence-electron chi connectivity index (χ0n) is 20.4. The number of guanidine groups is 1. The summed E-state index contributed by atoms with van der Waals surface area (Å²) in [5, 5.41) is 4.07. The summed E-state index contributed by atoms with van der Waals surface area (Å²) >= 11 is 1.26. The van der Waals surface area contributed by atoms with E-state index in [1.807, 2.05) is 49.4 Å². The van der Waals surface area contributed by atoms with Crippen LogP contribution in [0.25, 0.3) is 11.1 Å². The van der Waals surface area contributed by atoms with E-state index in [-0.39, 0.29) is 11.7 Å². The summed E-state index contributed by atoms with van der Waals surface area (Å²) in [6.07, 6.45) is 0. The normalized spacial score (nSPS) is 18.3. The molecule has 0 amide bonds. The van der Waals surface area contributed by atoms with Crippen molar-refractivity contribution in [3.05, 3.63) is 65.7 Å². The Kier molecular flexibility index (Phi) is 8.17. The van der Waals surface area contributed by atoms with Crippen LogP contribution < -0.4 is 5.32 Å². The molecule has 1 N–H and O–H groups in total. The van der Waals surface area contributed by atoms with Crippen molar-refractivity contribution >= 4 is 22.6 Å². The first-order valence-electron chi connectivity index (χ1n) is 12.3. The first-order valence-corrected chi connectivity index (χ1v) is 13.1. The quantitative estimate of drug-likeness (QED) is 0.400. The second kappa shape index (κ2) is 11.9. The molecule has 1 aromatic heterocycles. The molecule has 1 atom stereocenters. The van der Waals surface area contributed by atoms with Crippen molar-refractivity contribution in [3.63, 3.8) is 0 Å². The molecule has 2 aliphatic rings. The van der Waals surface area contributed by atoms with E-state index in [4.69, 9.17) is 19.5 Å². The van der Waals surface area contributed by atoms with Crippen molar-refractivity contribution < 1.29 is 13.9 Å². The minimum absolute atomic E-state index is 0.155. The van der Waals surface area contributed by atoms with E-state index in [1.165, 1.54) is 11.5 Å². The van der Waals surface area contributed by atoms with Crippen molar-refractivity contribution in [2.45, 2.75) is 12.8 Å². The predicted octanol–water partition coefficient (Wildman–Crippen LogP) is 3.70. The molecule has 2 saturated heterocycles. The number of morpholine rings is 2. The lowest BCUT2D eigenvalue weighted by molar-refractivity contribution is 0.0350. The van der Waals surface area contributed by atoms with Crippen LogP contribution in [-0.4, -0.2) is 84.4 Å². The van der Waals surface area contributed by atoms with Crippen molar-refractivity contribution in [2.75, 3.05) is 59.3 Å². The molecule has 0 bridgehead atoms. The molecule has 3 aromatic rings. The van der Waals surface area contributed by atoms with Crippen LogP contribution >= 0.6 is 11.5 Å². The highest BCUT2D eigenvalue weighted by atomic mass is 32.1. The minimum atomic E-state index is -0.249. The number of benzene rings is 2. The van der Waals surface area contributed by atoms with E-state index in [1.54, 1.807) is 6.07 Å². The maximum Gasteiger partial charge on any atom is 0.232 e. The molecule has 0 saturated carbocycles. The standard InChI is InChI=1S/C26H31FN6O2S/c1-19(21-7-8-22(23(27)17-21)20-5-3-2-4-6-20)24-29-26(36-31-24)30-25(33-11-15-35-16-12-33)28-18-32-9-13-34-14-10-32/h2-8,17,19H,9-16,18H2,1H3,(H,28,29,30,31). The van der Waals surface area contributed by atoms with E-state index in [0.29, 0.717) is 36.4 Å². The maximum absolute atomic E-state index is 14.9. The van der Waals surface area contributed by atoms with Gasteiger partial charge in [-0.05, 0) is 17.2 Å². The molecule has 2 aliphatic heterocycles. The monoisotopic (exact) mass is 510 g/mol. The fraction of sp³-hybridized carbons (Fsp3) is 0.423. The van der Waals surface area contributed by atoms with E-state index in [2.05, 4.69) is 19.5 Å². The molecule has 8 nitrogen and oxygen atoms in total. The van der Waals surface area contributed by atoms with E-state index in [0.717, 1.165) is 56.5 Å². The zero-order chi connectivity index (χ0) is 24.7. The molecule has 1 unspecified atom stereocenters. The van der Waals surface area contributed by atoms with Gasteiger partial charge in [0, 0.05) is 49.2 Å². The van der Waals surface area contributed by atoms with Gasteiger partial charge in [0.1, 0.15) is 5.82 Å². The molecule has 0 aliphatic carbocycles. The smallest absolute Gasteiger partial charge is 0.232 e. The zero-order valence-corrected chi connectivity index (χ0v) is 21.2. The topological polar surface area (TPSA) is 75.1 Å². The third kappa shape index (κ3) is 6.07. The number of hydrogen-bond donors (Lipinski definition) is 1. The van der Waals surface area contributed by atoms with Gasteiger partial charge in [0.15, 0.2) is 5.82 Å². The van der Waals surface area contributed by atoms with Crippen LogP contribution in [0.1, 0.15) is 24.2 Å². The van der Waals surface area contributed by atoms with Crippen LogP contribution in [0.2, 0.25) is 0 Å². The van der Waals surface area contributed by atoms with Gasteiger partial charge in [0.05, 0.1) is 33.1 Å². The summed E-state index contributed by atoms with van der Waals surface area (Å²) < 4.78 is 30.5. The second-order valence-electron chi connectivity index (χ2n) is 8.86. The van der Waals surface area contributed by atoms with Crippen LogP contribution in [0, 0.1) is 5.82 Å². The van der Waals surface area contributed by atoms with Gasteiger partial charge >= 0.3 is 0 Å². The Bertz CT molecular complexity index is 1160. The Morgan fingerprint density at radius 1 is 1.06 bits per heavy atom. The fourth-order valence-electron chi connectivity index (χ4n) is 4.28. The Morgan fingerprint density at radius 3 is 2.50 bits per heavy atom. The van der Waals surface area contributed by atoms with Crippen LogP contribution in [0.3, 0.4) is 0 Å². The van der Waals surface area contributed by atoms with Crippen molar-refractivity contribution in [3.8, 4) is 11.1 Å². The average Bonchev–Trinajstić information content (AvgIpc) is 3.40. The average molecular weight is 511 g/mol. The van der Waals surface area contributed by atoms with Crippen LogP contribution in [0.15, 0.2) is 53.5 Å². The Hall–Kier alpha value is -2.92. The molecule has 0 spiro atoms. The molecular weight excluding hydrogens is 479 g/mol. The lowest BCUT2D eigenvalue weighted by Gasteiger charge is -2.32. The summed E-state index contributed by atoms with van der Waals surface area (Å²) in [5.41, 5.74) is 2.28. The number of nitrogens with one attached hydrogen (secondary N) is 1. The molecule has 0 radical (unpaired) electrons. The summed E-state index contributed by atoms with van der Waals surface area (Å²) in [4.78, 5) is 14.0. The number of nitrogens with zero attached hydrogens (tertiary/aromatic N) is 5. The molecule has 2 fully saturated rings. The summed E-state index contributed by atoms with van der Waals surface area (Å²) in [6, 6.07) is 14.9. The molecule has 190 valence electrons. The van der Waals surface area contributed by atoms with Gasteiger partial charge in [0.25, 0.3) is 0 Å². The number of hydrogen-bond acceptors (Lipinski definition) is 7. The molecule has 3 heterocycles. The second-order valence-corrected chi connectivity index (χ2v) is 9.59. The van der Waals surface area contributed by atoms with Crippen LogP contribution in [0.5, 0.6) is 0 Å². The number of rotatable bonds is 6. The number of aliphatic imine (C=N–C) groups is 1. The van der Waals surface area contributed by atoms with E-state index < -0.39 is 0 Å². The molecule has 36 heavy (non-hydrogen) atoms. The van der Waals surface area contributed by atoms with Crippen molar-refractivity contribution in [1.82, 2.24) is 24.5 Å². The molecule has 2 aromatic carbocycles. The minimum Gasteiger partial charge on any atom is -0.379 e. The van der Waals surface area contributed by atoms with Crippen molar-refractivity contribution in [1.29, 1.82) is 0 Å². The Balaban J connectivity index is 1.32. The first-order chi connectivity index (χ1) is 17.7. The van der Waals surface area contributed by atoms with Crippen LogP contribution in [0.4, 0.5) is 9.52 Å². The molecular formula is C26H31FN6O2S. The van der Waals surface area contributed by atoms with E-state index in [9.17, 15) is 4.39 Å². The largest absolute Gasteiger partial charge is 0.379 e. The summed E-state index contributed by atoms with van der Waals surface area (Å²) in [6.45, 7) is 8.83. The van der Waals surface area contributed by atoms with Gasteiger partial charge in [-0.25, -0.2) is 9.37 Å². The van der Waals surface area contributed by atoms with Gasteiger partial charge in [-0.1, -0.05) is 49.4 Å². The maximum atomic E-state index is 14.9. The van der Waals surface area contributed by atoms with E-state index >= 15 is 0 Å². The highest BCUT2D eigenvalue weighted by Gasteiger charge is 2.20. The third-order valence-electron chi connectivity index (χ3n) is 6.47. The SMILES string of the molecule is CC(c1ccc(-c2ccccc2)c(F)c1)c1nsc(/N=C(\NCN2CCOCC2)N2CCOCC2)n1. The van der Waals surface area contributed by atoms with Crippen LogP contribution in [-0.2, 0) is 9.47 Å². The highest BCUT2D eigenvalue weighted by Crippen LogP contribution is 2.30. The summed E-state index contributed by atoms with van der Waals surface area (Å²) in [5.74, 6) is 1.01. The lowest BCUT2D eigenvalue weighted by atomic mass is 9.96.